The minimum absolute atomic E-state index is 0.00776. The molecule has 0 aliphatic rings. The topological polar surface area (TPSA) is 96.0 Å². The van der Waals surface area contributed by atoms with Crippen LogP contribution in [0.15, 0.2) is 77.7 Å². The van der Waals surface area contributed by atoms with Gasteiger partial charge in [0.15, 0.2) is 0 Å². The summed E-state index contributed by atoms with van der Waals surface area (Å²) < 4.78 is 33.8. The second kappa shape index (κ2) is 13.9. The molecule has 2 amide bonds. The first-order valence-electron chi connectivity index (χ1n) is 12.7. The van der Waals surface area contributed by atoms with Crippen LogP contribution >= 0.6 is 23.2 Å². The third-order valence-corrected chi connectivity index (χ3v) is 8.69. The molecule has 0 saturated carbocycles. The predicted octanol–water partition coefficient (Wildman–Crippen LogP) is 5.39. The Bertz CT molecular complexity index is 1420. The number of nitrogens with one attached hydrogen (secondary N) is 1. The van der Waals surface area contributed by atoms with Crippen LogP contribution in [0.3, 0.4) is 0 Å². The van der Waals surface area contributed by atoms with Crippen LogP contribution in [0.2, 0.25) is 10.0 Å². The number of halogens is 2. The summed E-state index contributed by atoms with van der Waals surface area (Å²) in [7, 11) is -2.65. The van der Waals surface area contributed by atoms with Crippen molar-refractivity contribution >= 4 is 50.7 Å². The zero-order chi connectivity index (χ0) is 29.4. The number of rotatable bonds is 12. The van der Waals surface area contributed by atoms with Crippen molar-refractivity contribution in [1.82, 2.24) is 10.2 Å². The van der Waals surface area contributed by atoms with Gasteiger partial charge >= 0.3 is 0 Å². The molecule has 1 atom stereocenters. The van der Waals surface area contributed by atoms with Gasteiger partial charge in [-0.1, -0.05) is 61.3 Å². The fourth-order valence-corrected chi connectivity index (χ4v) is 5.62. The predicted molar refractivity (Wildman–Crippen MR) is 158 cm³/mol. The number of hydrogen-bond acceptors (Lipinski definition) is 5. The van der Waals surface area contributed by atoms with E-state index in [1.165, 1.54) is 24.1 Å². The molecular formula is C29H33Cl2N3O5S. The first kappa shape index (κ1) is 31.3. The van der Waals surface area contributed by atoms with Crippen molar-refractivity contribution in [3.05, 3.63) is 88.4 Å². The molecule has 0 fully saturated rings. The minimum atomic E-state index is -4.15. The van der Waals surface area contributed by atoms with E-state index in [0.717, 1.165) is 4.31 Å². The van der Waals surface area contributed by atoms with E-state index in [9.17, 15) is 18.0 Å². The van der Waals surface area contributed by atoms with E-state index in [1.54, 1.807) is 67.6 Å². The van der Waals surface area contributed by atoms with E-state index >= 15 is 0 Å². The van der Waals surface area contributed by atoms with Gasteiger partial charge in [-0.2, -0.15) is 0 Å². The summed E-state index contributed by atoms with van der Waals surface area (Å²) in [5.74, 6) is -0.196. The SMILES string of the molecule is COc1ccc(N(CC(=O)N(Cc2ccc(Cl)c(Cl)c2)C(C)C(=O)NCC(C)C)S(=O)(=O)c2ccccc2)cc1. The summed E-state index contributed by atoms with van der Waals surface area (Å²) in [5, 5.41) is 3.50. The van der Waals surface area contributed by atoms with Gasteiger partial charge in [-0.3, -0.25) is 13.9 Å². The van der Waals surface area contributed by atoms with Crippen LogP contribution in [-0.2, 0) is 26.2 Å². The van der Waals surface area contributed by atoms with Gasteiger partial charge < -0.3 is 15.0 Å². The Labute approximate surface area is 245 Å². The summed E-state index contributed by atoms with van der Waals surface area (Å²) in [5.41, 5.74) is 0.901. The highest BCUT2D eigenvalue weighted by atomic mass is 35.5. The molecule has 0 saturated heterocycles. The third kappa shape index (κ3) is 7.90. The molecule has 3 aromatic rings. The van der Waals surface area contributed by atoms with E-state index < -0.39 is 28.5 Å². The quantitative estimate of drug-likeness (QED) is 0.299. The van der Waals surface area contributed by atoms with Crippen molar-refractivity contribution in [2.75, 3.05) is 24.5 Å². The lowest BCUT2D eigenvalue weighted by atomic mass is 10.1. The van der Waals surface area contributed by atoms with E-state index in [0.29, 0.717) is 27.9 Å². The zero-order valence-electron chi connectivity index (χ0n) is 22.8. The van der Waals surface area contributed by atoms with Crippen LogP contribution in [0.25, 0.3) is 0 Å². The molecule has 0 bridgehead atoms. The van der Waals surface area contributed by atoms with E-state index in [1.807, 2.05) is 13.8 Å². The highest BCUT2D eigenvalue weighted by molar-refractivity contribution is 7.92. The first-order valence-corrected chi connectivity index (χ1v) is 14.9. The molecule has 1 unspecified atom stereocenters. The van der Waals surface area contributed by atoms with Crippen LogP contribution in [-0.4, -0.2) is 51.4 Å². The van der Waals surface area contributed by atoms with Gasteiger partial charge in [-0.25, -0.2) is 8.42 Å². The number of ether oxygens (including phenoxy) is 1. The van der Waals surface area contributed by atoms with Crippen LogP contribution in [0, 0.1) is 5.92 Å². The molecular weight excluding hydrogens is 573 g/mol. The molecule has 0 aliphatic heterocycles. The number of carbonyl (C=O) groups excluding carboxylic acids is 2. The number of sulfonamides is 1. The number of hydrogen-bond donors (Lipinski definition) is 1. The van der Waals surface area contributed by atoms with E-state index in [2.05, 4.69) is 5.32 Å². The standard InChI is InChI=1S/C29H33Cl2N3O5S/c1-20(2)17-32-29(36)21(3)33(18-22-10-15-26(30)27(31)16-22)28(35)19-34(23-11-13-24(39-4)14-12-23)40(37,38)25-8-6-5-7-9-25/h5-16,20-21H,17-19H2,1-4H3,(H,32,36). The Hall–Kier alpha value is -3.27. The lowest BCUT2D eigenvalue weighted by Gasteiger charge is -2.32. The molecule has 214 valence electrons. The number of amides is 2. The van der Waals surface area contributed by atoms with Crippen LogP contribution in [0.4, 0.5) is 5.69 Å². The first-order chi connectivity index (χ1) is 18.9. The number of benzene rings is 3. The zero-order valence-corrected chi connectivity index (χ0v) is 25.1. The van der Waals surface area contributed by atoms with Gasteiger partial charge in [0, 0.05) is 13.1 Å². The van der Waals surface area contributed by atoms with E-state index in [4.69, 9.17) is 27.9 Å². The molecule has 0 aromatic heterocycles. The van der Waals surface area contributed by atoms with Crippen LogP contribution in [0.5, 0.6) is 5.75 Å². The third-order valence-electron chi connectivity index (χ3n) is 6.16. The van der Waals surface area contributed by atoms with Gasteiger partial charge in [-0.15, -0.1) is 0 Å². The lowest BCUT2D eigenvalue weighted by molar-refractivity contribution is -0.139. The van der Waals surface area contributed by atoms with Gasteiger partial charge in [0.1, 0.15) is 18.3 Å². The van der Waals surface area contributed by atoms with Gasteiger partial charge in [0.05, 0.1) is 27.7 Å². The average Bonchev–Trinajstić information content (AvgIpc) is 2.95. The van der Waals surface area contributed by atoms with E-state index in [-0.39, 0.29) is 29.0 Å². The number of methoxy groups -OCH3 is 1. The largest absolute Gasteiger partial charge is 0.497 e. The maximum Gasteiger partial charge on any atom is 0.264 e. The maximum absolute atomic E-state index is 13.9. The van der Waals surface area contributed by atoms with Crippen molar-refractivity contribution in [3.8, 4) is 5.75 Å². The Morgan fingerprint density at radius 2 is 1.57 bits per heavy atom. The Balaban J connectivity index is 2.01. The van der Waals surface area contributed by atoms with Crippen molar-refractivity contribution in [2.45, 2.75) is 38.3 Å². The van der Waals surface area contributed by atoms with Gasteiger partial charge in [0.25, 0.3) is 10.0 Å². The monoisotopic (exact) mass is 605 g/mol. The number of carbonyl (C=O) groups is 2. The fraction of sp³-hybridized carbons (Fsp3) is 0.310. The van der Waals surface area contributed by atoms with Gasteiger partial charge in [-0.05, 0) is 66.9 Å². The normalized spacial score (nSPS) is 12.1. The molecule has 1 N–H and O–H groups in total. The summed E-state index contributed by atoms with van der Waals surface area (Å²) in [6.45, 7) is 5.42. The molecule has 3 aromatic carbocycles. The Morgan fingerprint density at radius 3 is 2.15 bits per heavy atom. The maximum atomic E-state index is 13.9. The molecule has 0 aliphatic carbocycles. The summed E-state index contributed by atoms with van der Waals surface area (Å²) in [6, 6.07) is 18.2. The van der Waals surface area contributed by atoms with Crippen LogP contribution in [0.1, 0.15) is 26.3 Å². The summed E-state index contributed by atoms with van der Waals surface area (Å²) in [6.07, 6.45) is 0. The molecule has 0 spiro atoms. The fourth-order valence-electron chi connectivity index (χ4n) is 3.87. The molecule has 3 rings (SSSR count). The second-order valence-corrected chi connectivity index (χ2v) is 12.3. The summed E-state index contributed by atoms with van der Waals surface area (Å²) in [4.78, 5) is 28.3. The van der Waals surface area contributed by atoms with Crippen molar-refractivity contribution in [3.63, 3.8) is 0 Å². The molecule has 40 heavy (non-hydrogen) atoms. The molecule has 0 heterocycles. The Kier molecular flexibility index (Phi) is 10.8. The highest BCUT2D eigenvalue weighted by Crippen LogP contribution is 2.27. The van der Waals surface area contributed by atoms with Crippen molar-refractivity contribution < 1.29 is 22.7 Å². The van der Waals surface area contributed by atoms with Gasteiger partial charge in [0.2, 0.25) is 11.8 Å². The Morgan fingerprint density at radius 1 is 0.925 bits per heavy atom. The number of anilines is 1. The highest BCUT2D eigenvalue weighted by Gasteiger charge is 2.32. The molecule has 11 heteroatoms. The van der Waals surface area contributed by atoms with Crippen LogP contribution < -0.4 is 14.4 Å². The minimum Gasteiger partial charge on any atom is -0.497 e. The average molecular weight is 607 g/mol. The number of nitrogens with zero attached hydrogens (tertiary/aromatic N) is 2. The smallest absolute Gasteiger partial charge is 0.264 e. The molecule has 0 radical (unpaired) electrons. The molecule has 8 nitrogen and oxygen atoms in total. The van der Waals surface area contributed by atoms with Crippen molar-refractivity contribution in [1.29, 1.82) is 0 Å². The van der Waals surface area contributed by atoms with Crippen molar-refractivity contribution in [2.24, 2.45) is 5.92 Å². The summed E-state index contributed by atoms with van der Waals surface area (Å²) >= 11 is 12.3. The lowest BCUT2D eigenvalue weighted by Crippen LogP contribution is -2.51. The second-order valence-electron chi connectivity index (χ2n) is 9.61.